The number of aliphatic imine (C=N–C) groups is 1. The SMILES string of the molecule is C=C1N=C(C)C(C)=CN1C(C)C.C=C1NC(=O)C(C)=CN1C(C)C.C=C1NC(=O)c2ncn(C)c2N1.CC(=O)c1ncn(C(C)C)n1.CCC.Cc1nc(C)c2ccn(C(C)C)c2n1.Cc1nc(C)c2ncn(C(C)C)c2n1.Cc1nc2c(ncn2C(C)C)c(=O)[nH]1. The lowest BCUT2D eigenvalue weighted by Gasteiger charge is -2.31. The highest BCUT2D eigenvalue weighted by Crippen LogP contribution is 2.23. The summed E-state index contributed by atoms with van der Waals surface area (Å²) in [5.41, 5.74) is 9.20. The van der Waals surface area contributed by atoms with E-state index in [2.05, 4.69) is 190 Å². The minimum Gasteiger partial charge on any atom is -0.332 e. The fraction of sp³-hybridized carbons (Fsp3) is 0.470. The Morgan fingerprint density at radius 3 is 1.62 bits per heavy atom. The second-order valence-electron chi connectivity index (χ2n) is 23.9. The molecule has 0 atom stereocenters. The topological polar surface area (TPSA) is 293 Å². The molecule has 11 rings (SSSR count). The first-order valence-corrected chi connectivity index (χ1v) is 30.8. The standard InChI is InChI=1S/C11H15N3.C10H14N4.C10H16N2.C9H12N4O.C9H14N2O.C7H8N4O.C7H11N3O.C3H8/c1-7(2)14-6-5-10-8(3)12-9(4)13-11(10)14;1-6(2)14-5-11-9-7(3)12-8(4)13-10(9)14;1-7(2)12-6-8(3)9(4)11-10(12)5;1-5(2)13-4-10-7-8(13)11-6(3)12-9(7)14;1-6(2)11-5-7(3)9(12)10-8(11)4;1-4-9-6-5(7(12)10-4)8-3-11(6)2;1-5(2)10-4-8-7(9-10)6(3)11;1-3-2/h5-7H,1-4H3;5-6H,1-4H3;6-7H,5H2,1-4H3;4-5H,1-3H3,(H,11,12,14);5-6H,4H2,1-3H3,(H,10,12);3,9H,1H2,2H3,(H,10,12);4-5H,1-3H3;3H2,1-2H3. The Labute approximate surface area is 541 Å². The molecule has 26 heteroatoms. The zero-order valence-corrected chi connectivity index (χ0v) is 58.6. The number of amides is 2. The summed E-state index contributed by atoms with van der Waals surface area (Å²) in [5.74, 6) is 4.85. The molecule has 0 aromatic carbocycles. The van der Waals surface area contributed by atoms with Crippen LogP contribution in [0.25, 0.3) is 33.4 Å². The first-order chi connectivity index (χ1) is 43.0. The zero-order valence-electron chi connectivity index (χ0n) is 58.6. The number of anilines is 1. The van der Waals surface area contributed by atoms with Crippen molar-refractivity contribution in [1.82, 2.24) is 98.3 Å². The number of allylic oxidation sites excluding steroid dienone is 1. The van der Waals surface area contributed by atoms with E-state index >= 15 is 0 Å². The average molecular weight is 1260 g/mol. The van der Waals surface area contributed by atoms with Gasteiger partial charge in [0.15, 0.2) is 28.3 Å². The van der Waals surface area contributed by atoms with E-state index < -0.39 is 0 Å². The molecule has 2 amide bonds. The maximum atomic E-state index is 11.5. The molecule has 0 aliphatic carbocycles. The van der Waals surface area contributed by atoms with E-state index in [0.29, 0.717) is 70.1 Å². The Morgan fingerprint density at radius 2 is 1.10 bits per heavy atom. The Morgan fingerprint density at radius 1 is 0.565 bits per heavy atom. The number of hydrogen-bond acceptors (Lipinski definition) is 18. The first-order valence-electron chi connectivity index (χ1n) is 30.8. The van der Waals surface area contributed by atoms with Gasteiger partial charge in [-0.1, -0.05) is 40.0 Å². The quantitative estimate of drug-likeness (QED) is 0.108. The van der Waals surface area contributed by atoms with Gasteiger partial charge in [-0.3, -0.25) is 19.2 Å². The summed E-state index contributed by atoms with van der Waals surface area (Å²) < 4.78 is 9.53. The summed E-state index contributed by atoms with van der Waals surface area (Å²) in [5, 5.41) is 13.2. The van der Waals surface area contributed by atoms with E-state index in [-0.39, 0.29) is 35.2 Å². The zero-order chi connectivity index (χ0) is 69.3. The van der Waals surface area contributed by atoms with Gasteiger partial charge >= 0.3 is 0 Å². The van der Waals surface area contributed by atoms with Crippen LogP contribution in [0.3, 0.4) is 0 Å². The first kappa shape index (κ1) is 74.7. The van der Waals surface area contributed by atoms with Crippen molar-refractivity contribution in [3.8, 4) is 0 Å². The van der Waals surface area contributed by atoms with Gasteiger partial charge in [-0.15, -0.1) is 5.10 Å². The number of carbonyl (C=O) groups is 3. The van der Waals surface area contributed by atoms with Crippen molar-refractivity contribution in [2.24, 2.45) is 12.0 Å². The Hall–Kier alpha value is -9.75. The van der Waals surface area contributed by atoms with Crippen LogP contribution in [-0.2, 0) is 11.8 Å². The highest BCUT2D eigenvalue weighted by molar-refractivity contribution is 6.00. The normalized spacial score (nSPS) is 13.4. The van der Waals surface area contributed by atoms with Gasteiger partial charge < -0.3 is 49.0 Å². The van der Waals surface area contributed by atoms with Crippen LogP contribution in [-0.4, -0.2) is 123 Å². The molecular weight excluding hydrogens is 1160 g/mol. The number of carbonyl (C=O) groups excluding carboxylic acids is 3. The highest BCUT2D eigenvalue weighted by atomic mass is 16.2. The van der Waals surface area contributed by atoms with Crippen LogP contribution in [0.15, 0.2) is 108 Å². The fourth-order valence-electron chi connectivity index (χ4n) is 8.79. The molecule has 26 nitrogen and oxygen atoms in total. The largest absolute Gasteiger partial charge is 0.332 e. The van der Waals surface area contributed by atoms with Crippen LogP contribution in [0.4, 0.5) is 5.82 Å². The van der Waals surface area contributed by atoms with Gasteiger partial charge in [0, 0.05) is 85.5 Å². The van der Waals surface area contributed by atoms with Crippen molar-refractivity contribution in [2.75, 3.05) is 5.32 Å². The molecule has 0 saturated heterocycles. The number of Topliss-reactive ketones (excluding diaryl/α,β-unsaturated/α-hetero) is 1. The molecule has 0 bridgehead atoms. The van der Waals surface area contributed by atoms with Gasteiger partial charge in [0.05, 0.1) is 30.4 Å². The van der Waals surface area contributed by atoms with Crippen LogP contribution in [0.2, 0.25) is 0 Å². The minimum absolute atomic E-state index is 0.0584. The number of nitrogens with one attached hydrogen (secondary N) is 4. The number of H-pyrrole nitrogens is 1. The molecule has 0 spiro atoms. The molecule has 11 heterocycles. The van der Waals surface area contributed by atoms with E-state index in [4.69, 9.17) is 0 Å². The van der Waals surface area contributed by atoms with E-state index in [1.807, 2.05) is 105 Å². The van der Waals surface area contributed by atoms with Crippen LogP contribution in [0.1, 0.15) is 205 Å². The van der Waals surface area contributed by atoms with Crippen LogP contribution in [0, 0.1) is 34.6 Å². The van der Waals surface area contributed by atoms with Gasteiger partial charge in [-0.05, 0) is 150 Å². The second kappa shape index (κ2) is 33.4. The maximum Gasteiger partial charge on any atom is 0.279 e. The second-order valence-corrected chi connectivity index (χ2v) is 23.9. The smallest absolute Gasteiger partial charge is 0.279 e. The molecule has 0 fully saturated rings. The molecule has 0 unspecified atom stereocenters. The van der Waals surface area contributed by atoms with Crippen molar-refractivity contribution in [2.45, 2.75) is 202 Å². The predicted molar refractivity (Wildman–Crippen MR) is 367 cm³/mol. The van der Waals surface area contributed by atoms with Crippen molar-refractivity contribution in [3.63, 3.8) is 0 Å². The van der Waals surface area contributed by atoms with Gasteiger partial charge in [0.1, 0.15) is 58.2 Å². The number of nitrogens with zero attached hydrogens (tertiary/aromatic N) is 18. The van der Waals surface area contributed by atoms with Crippen molar-refractivity contribution < 1.29 is 14.4 Å². The van der Waals surface area contributed by atoms with E-state index in [1.165, 1.54) is 18.9 Å². The highest BCUT2D eigenvalue weighted by Gasteiger charge is 2.23. The lowest BCUT2D eigenvalue weighted by atomic mass is 10.2. The summed E-state index contributed by atoms with van der Waals surface area (Å²) in [6.45, 7) is 57.4. The fourth-order valence-corrected chi connectivity index (χ4v) is 8.79. The third-order valence-electron chi connectivity index (χ3n) is 13.7. The van der Waals surface area contributed by atoms with Gasteiger partial charge in [-0.25, -0.2) is 54.5 Å². The van der Waals surface area contributed by atoms with E-state index in [1.54, 1.807) is 42.1 Å². The third kappa shape index (κ3) is 19.9. The number of hydrogen-bond donors (Lipinski definition) is 4. The third-order valence-corrected chi connectivity index (χ3v) is 13.7. The maximum absolute atomic E-state index is 11.5. The summed E-state index contributed by atoms with van der Waals surface area (Å²) in [6.07, 6.45) is 13.9. The molecule has 3 aliphatic heterocycles. The summed E-state index contributed by atoms with van der Waals surface area (Å²) in [6, 6.07) is 4.20. The number of aromatic nitrogens is 16. The number of imidazole rings is 3. The molecule has 8 aromatic heterocycles. The monoisotopic (exact) mass is 1260 g/mol. The number of aryl methyl sites for hydroxylation is 6. The van der Waals surface area contributed by atoms with Crippen molar-refractivity contribution in [3.05, 3.63) is 149 Å². The number of aromatic amines is 1. The Bertz CT molecular complexity index is 3960. The molecule has 0 radical (unpaired) electrons. The molecule has 8 aromatic rings. The number of fused-ring (bicyclic) bond motifs is 4. The lowest BCUT2D eigenvalue weighted by Crippen LogP contribution is -2.40. The summed E-state index contributed by atoms with van der Waals surface area (Å²) >= 11 is 0. The van der Waals surface area contributed by atoms with Gasteiger partial charge in [0.2, 0.25) is 5.82 Å². The van der Waals surface area contributed by atoms with Crippen molar-refractivity contribution >= 4 is 62.5 Å². The van der Waals surface area contributed by atoms with Gasteiger partial charge in [0.25, 0.3) is 17.4 Å². The van der Waals surface area contributed by atoms with Crippen LogP contribution < -0.4 is 21.5 Å². The molecule has 496 valence electrons. The molecule has 3 aliphatic rings. The van der Waals surface area contributed by atoms with Crippen molar-refractivity contribution in [1.29, 1.82) is 0 Å². The summed E-state index contributed by atoms with van der Waals surface area (Å²) in [7, 11) is 1.81. The van der Waals surface area contributed by atoms with E-state index in [0.717, 1.165) is 62.3 Å². The lowest BCUT2D eigenvalue weighted by molar-refractivity contribution is -0.117. The molecular formula is C66H98N22O4. The molecule has 4 N–H and O–H groups in total. The molecule has 92 heavy (non-hydrogen) atoms. The Kier molecular flexibility index (Phi) is 27.1. The summed E-state index contributed by atoms with van der Waals surface area (Å²) in [4.78, 5) is 93.4. The average Bonchev–Trinajstić information content (AvgIpc) is 1.69. The number of ketones is 1. The minimum atomic E-state index is -0.214. The molecule has 0 saturated carbocycles. The number of rotatable bonds is 7. The Balaban J connectivity index is 0.000000228. The predicted octanol–water partition coefficient (Wildman–Crippen LogP) is 11.9. The van der Waals surface area contributed by atoms with Gasteiger partial charge in [-0.2, -0.15) is 0 Å². The van der Waals surface area contributed by atoms with E-state index in [9.17, 15) is 19.2 Å². The van der Waals surface area contributed by atoms with Crippen LogP contribution in [0.5, 0.6) is 0 Å². The van der Waals surface area contributed by atoms with Crippen LogP contribution >= 0.6 is 0 Å².